The Morgan fingerprint density at radius 2 is 2.18 bits per heavy atom. The van der Waals surface area contributed by atoms with Gasteiger partial charge in [0.05, 0.1) is 6.61 Å². The van der Waals surface area contributed by atoms with Crippen LogP contribution in [0.1, 0.15) is 13.8 Å². The van der Waals surface area contributed by atoms with E-state index in [2.05, 4.69) is 6.58 Å². The lowest BCUT2D eigenvalue weighted by Crippen LogP contribution is -1.92. The number of rotatable bonds is 4. The summed E-state index contributed by atoms with van der Waals surface area (Å²) < 4.78 is 5.07. The van der Waals surface area contributed by atoms with E-state index >= 15 is 0 Å². The van der Waals surface area contributed by atoms with E-state index in [1.165, 1.54) is 0 Å². The van der Waals surface area contributed by atoms with E-state index in [0.717, 1.165) is 0 Å². The molecule has 0 saturated heterocycles. The number of nitrogens with two attached hydrogens (primary N) is 1. The van der Waals surface area contributed by atoms with Gasteiger partial charge < -0.3 is 10.5 Å². The summed E-state index contributed by atoms with van der Waals surface area (Å²) in [7, 11) is 0. The Labute approximate surface area is 68.0 Å². The van der Waals surface area contributed by atoms with E-state index in [4.69, 9.17) is 10.5 Å². The van der Waals surface area contributed by atoms with Crippen molar-refractivity contribution < 1.29 is 4.74 Å². The minimum Gasteiger partial charge on any atom is -0.495 e. The Hall–Kier alpha value is -1.18. The van der Waals surface area contributed by atoms with Gasteiger partial charge >= 0.3 is 0 Å². The van der Waals surface area contributed by atoms with Crippen LogP contribution in [0.3, 0.4) is 0 Å². The standard InChI is InChI=1S/C9H15NO/c1-4-9(10)7-6-8(3)11-5-2/h4,6-7H,3,5,10H2,1-2H3/b7-6-,9-4+. The van der Waals surface area contributed by atoms with E-state index < -0.39 is 0 Å². The van der Waals surface area contributed by atoms with E-state index in [9.17, 15) is 0 Å². The largest absolute Gasteiger partial charge is 0.495 e. The van der Waals surface area contributed by atoms with Gasteiger partial charge in [-0.15, -0.1) is 0 Å². The van der Waals surface area contributed by atoms with Gasteiger partial charge in [-0.3, -0.25) is 0 Å². The third-order valence-corrected chi connectivity index (χ3v) is 1.12. The van der Waals surface area contributed by atoms with Gasteiger partial charge in [0, 0.05) is 5.70 Å². The lowest BCUT2D eigenvalue weighted by atomic mass is 10.3. The Morgan fingerprint density at radius 3 is 2.64 bits per heavy atom. The molecule has 0 amide bonds. The van der Waals surface area contributed by atoms with Crippen molar-refractivity contribution in [3.8, 4) is 0 Å². The lowest BCUT2D eigenvalue weighted by molar-refractivity contribution is 0.244. The highest BCUT2D eigenvalue weighted by Crippen LogP contribution is 1.96. The molecule has 62 valence electrons. The molecule has 0 radical (unpaired) electrons. The van der Waals surface area contributed by atoms with Crippen molar-refractivity contribution in [2.24, 2.45) is 5.73 Å². The predicted molar refractivity (Wildman–Crippen MR) is 47.9 cm³/mol. The number of hydrogen-bond acceptors (Lipinski definition) is 2. The van der Waals surface area contributed by atoms with Crippen molar-refractivity contribution in [1.82, 2.24) is 0 Å². The van der Waals surface area contributed by atoms with Gasteiger partial charge in [-0.2, -0.15) is 0 Å². The second kappa shape index (κ2) is 5.59. The maximum atomic E-state index is 5.50. The highest BCUT2D eigenvalue weighted by molar-refractivity contribution is 5.20. The summed E-state index contributed by atoms with van der Waals surface area (Å²) in [5, 5.41) is 0. The first-order valence-corrected chi connectivity index (χ1v) is 3.62. The molecule has 0 aromatic heterocycles. The normalized spacial score (nSPS) is 12.0. The zero-order valence-corrected chi connectivity index (χ0v) is 7.13. The molecule has 0 aliphatic carbocycles. The van der Waals surface area contributed by atoms with E-state index in [1.54, 1.807) is 12.2 Å². The SMILES string of the molecule is C=C(/C=C\C(N)=C/C)OCC. The average Bonchev–Trinajstić information content (AvgIpc) is 2.01. The van der Waals surface area contributed by atoms with Crippen LogP contribution in [0.15, 0.2) is 36.3 Å². The van der Waals surface area contributed by atoms with E-state index in [-0.39, 0.29) is 0 Å². The van der Waals surface area contributed by atoms with Crippen LogP contribution in [-0.4, -0.2) is 6.61 Å². The molecule has 0 saturated carbocycles. The molecule has 0 rings (SSSR count). The molecule has 11 heavy (non-hydrogen) atoms. The zero-order chi connectivity index (χ0) is 8.69. The summed E-state index contributed by atoms with van der Waals surface area (Å²) in [6, 6.07) is 0. The number of ether oxygens (including phenoxy) is 1. The van der Waals surface area contributed by atoms with Gasteiger partial charge in [-0.05, 0) is 26.0 Å². The Balaban J connectivity index is 3.83. The number of allylic oxidation sites excluding steroid dienone is 3. The molecule has 2 N–H and O–H groups in total. The molecule has 0 atom stereocenters. The van der Waals surface area contributed by atoms with Gasteiger partial charge in [0.2, 0.25) is 0 Å². The van der Waals surface area contributed by atoms with E-state index in [0.29, 0.717) is 18.1 Å². The first-order valence-electron chi connectivity index (χ1n) is 3.62. The average molecular weight is 153 g/mol. The fraction of sp³-hybridized carbons (Fsp3) is 0.333. The van der Waals surface area contributed by atoms with Gasteiger partial charge in [-0.25, -0.2) is 0 Å². The van der Waals surface area contributed by atoms with Crippen LogP contribution in [0.2, 0.25) is 0 Å². The fourth-order valence-electron chi connectivity index (χ4n) is 0.519. The maximum absolute atomic E-state index is 5.50. The summed E-state index contributed by atoms with van der Waals surface area (Å²) in [5.41, 5.74) is 6.21. The molecular weight excluding hydrogens is 138 g/mol. The quantitative estimate of drug-likeness (QED) is 0.495. The summed E-state index contributed by atoms with van der Waals surface area (Å²) in [4.78, 5) is 0. The molecule has 0 spiro atoms. The third kappa shape index (κ3) is 5.27. The van der Waals surface area contributed by atoms with Crippen LogP contribution in [0.4, 0.5) is 0 Å². The van der Waals surface area contributed by atoms with Crippen molar-refractivity contribution >= 4 is 0 Å². The van der Waals surface area contributed by atoms with Crippen molar-refractivity contribution in [2.45, 2.75) is 13.8 Å². The minimum absolute atomic E-state index is 0.636. The van der Waals surface area contributed by atoms with Crippen LogP contribution in [0.25, 0.3) is 0 Å². The fourth-order valence-corrected chi connectivity index (χ4v) is 0.519. The van der Waals surface area contributed by atoms with Crippen molar-refractivity contribution in [3.05, 3.63) is 36.3 Å². The van der Waals surface area contributed by atoms with E-state index in [1.807, 2.05) is 19.9 Å². The molecule has 0 heterocycles. The molecule has 2 nitrogen and oxygen atoms in total. The first kappa shape index (κ1) is 9.82. The Kier molecular flexibility index (Phi) is 4.99. The summed E-state index contributed by atoms with van der Waals surface area (Å²) in [5.74, 6) is 0.636. The van der Waals surface area contributed by atoms with Gasteiger partial charge in [0.1, 0.15) is 5.76 Å². The molecule has 0 fully saturated rings. The van der Waals surface area contributed by atoms with Crippen LogP contribution in [0, 0.1) is 0 Å². The summed E-state index contributed by atoms with van der Waals surface area (Å²) in [6.45, 7) is 8.09. The Morgan fingerprint density at radius 1 is 1.55 bits per heavy atom. The molecular formula is C9H15NO. The first-order chi connectivity index (χ1) is 5.20. The third-order valence-electron chi connectivity index (χ3n) is 1.12. The second-order valence-electron chi connectivity index (χ2n) is 2.02. The molecule has 0 aliphatic rings. The van der Waals surface area contributed by atoms with Crippen LogP contribution >= 0.6 is 0 Å². The molecule has 0 aliphatic heterocycles. The van der Waals surface area contributed by atoms with Crippen LogP contribution in [0.5, 0.6) is 0 Å². The highest BCUT2D eigenvalue weighted by Gasteiger charge is 1.84. The molecule has 2 heteroatoms. The highest BCUT2D eigenvalue weighted by atomic mass is 16.5. The monoisotopic (exact) mass is 153 g/mol. The lowest BCUT2D eigenvalue weighted by Gasteiger charge is -1.99. The molecule has 0 aromatic rings. The zero-order valence-electron chi connectivity index (χ0n) is 7.13. The van der Waals surface area contributed by atoms with Crippen molar-refractivity contribution in [3.63, 3.8) is 0 Å². The van der Waals surface area contributed by atoms with Crippen molar-refractivity contribution in [1.29, 1.82) is 0 Å². The second-order valence-corrected chi connectivity index (χ2v) is 2.02. The summed E-state index contributed by atoms with van der Waals surface area (Å²) >= 11 is 0. The minimum atomic E-state index is 0.636. The molecule has 0 aromatic carbocycles. The van der Waals surface area contributed by atoms with Gasteiger partial charge in [-0.1, -0.05) is 12.7 Å². The van der Waals surface area contributed by atoms with Gasteiger partial charge in [0.25, 0.3) is 0 Å². The summed E-state index contributed by atoms with van der Waals surface area (Å²) in [6.07, 6.45) is 5.33. The molecule has 0 unspecified atom stereocenters. The smallest absolute Gasteiger partial charge is 0.112 e. The van der Waals surface area contributed by atoms with Crippen LogP contribution in [-0.2, 0) is 4.74 Å². The topological polar surface area (TPSA) is 35.2 Å². The van der Waals surface area contributed by atoms with Crippen LogP contribution < -0.4 is 5.73 Å². The molecule has 0 bridgehead atoms. The Bertz CT molecular complexity index is 180. The van der Waals surface area contributed by atoms with Crippen molar-refractivity contribution in [2.75, 3.05) is 6.61 Å². The predicted octanol–water partition coefficient (Wildman–Crippen LogP) is 1.96. The maximum Gasteiger partial charge on any atom is 0.112 e. The van der Waals surface area contributed by atoms with Gasteiger partial charge in [0.15, 0.2) is 0 Å². The number of hydrogen-bond donors (Lipinski definition) is 1.